The summed E-state index contributed by atoms with van der Waals surface area (Å²) >= 11 is 0. The van der Waals surface area contributed by atoms with Crippen LogP contribution in [0.3, 0.4) is 0 Å². The van der Waals surface area contributed by atoms with Gasteiger partial charge in [-0.2, -0.15) is 0 Å². The lowest BCUT2D eigenvalue weighted by Crippen LogP contribution is -2.47. The number of carbonyl (C=O) groups excluding carboxylic acids is 1. The van der Waals surface area contributed by atoms with Crippen LogP contribution < -0.4 is 5.32 Å². The molecule has 1 aliphatic carbocycles. The van der Waals surface area contributed by atoms with E-state index in [0.29, 0.717) is 30.0 Å². The zero-order valence-electron chi connectivity index (χ0n) is 13.7. The number of nitrogens with zero attached hydrogens (tertiary/aromatic N) is 1. The fraction of sp³-hybridized carbons (Fsp3) is 0.941. The first-order valence-corrected chi connectivity index (χ1v) is 8.66. The van der Waals surface area contributed by atoms with Gasteiger partial charge in [0.1, 0.15) is 0 Å². The van der Waals surface area contributed by atoms with Gasteiger partial charge in [0.25, 0.3) is 0 Å². The summed E-state index contributed by atoms with van der Waals surface area (Å²) in [7, 11) is 0. The third-order valence-electron chi connectivity index (χ3n) is 5.39. The van der Waals surface area contributed by atoms with E-state index in [1.165, 1.54) is 32.1 Å². The third-order valence-corrected chi connectivity index (χ3v) is 5.39. The molecule has 0 radical (unpaired) electrons. The largest absolute Gasteiger partial charge is 0.323 e. The fourth-order valence-corrected chi connectivity index (χ4v) is 3.96. The molecule has 1 aliphatic heterocycles. The first kappa shape index (κ1) is 15.8. The van der Waals surface area contributed by atoms with Crippen LogP contribution in [0.5, 0.6) is 0 Å². The van der Waals surface area contributed by atoms with Gasteiger partial charge in [-0.05, 0) is 44.4 Å². The second-order valence-corrected chi connectivity index (χ2v) is 6.96. The average Bonchev–Trinajstić information content (AvgIpc) is 3.05. The number of carbonyl (C=O) groups is 1. The summed E-state index contributed by atoms with van der Waals surface area (Å²) in [5.74, 6) is 1.72. The van der Waals surface area contributed by atoms with E-state index in [-0.39, 0.29) is 6.04 Å². The van der Waals surface area contributed by atoms with Crippen LogP contribution in [-0.4, -0.2) is 29.1 Å². The molecule has 2 aliphatic rings. The normalized spacial score (nSPS) is 31.0. The van der Waals surface area contributed by atoms with Gasteiger partial charge in [-0.3, -0.25) is 10.1 Å². The second-order valence-electron chi connectivity index (χ2n) is 6.96. The summed E-state index contributed by atoms with van der Waals surface area (Å²) in [5, 5.41) is 3.63. The van der Waals surface area contributed by atoms with Crippen molar-refractivity contribution in [3.05, 3.63) is 0 Å². The lowest BCUT2D eigenvalue weighted by atomic mass is 9.97. The summed E-state index contributed by atoms with van der Waals surface area (Å²) in [4.78, 5) is 14.9. The predicted molar refractivity (Wildman–Crippen MR) is 83.3 cm³/mol. The first-order chi connectivity index (χ1) is 9.58. The molecule has 1 saturated carbocycles. The SMILES string of the molecule is CCC(C)CC(C)N1C(=O)C(CC)NC1C1CCCC1. The average molecular weight is 280 g/mol. The Morgan fingerprint density at radius 1 is 1.25 bits per heavy atom. The molecule has 2 fully saturated rings. The van der Waals surface area contributed by atoms with Crippen molar-refractivity contribution >= 4 is 5.91 Å². The molecule has 4 unspecified atom stereocenters. The van der Waals surface area contributed by atoms with Crippen molar-refractivity contribution in [3.63, 3.8) is 0 Å². The smallest absolute Gasteiger partial charge is 0.241 e. The van der Waals surface area contributed by atoms with Gasteiger partial charge in [-0.25, -0.2) is 0 Å². The number of hydrogen-bond acceptors (Lipinski definition) is 2. The van der Waals surface area contributed by atoms with Crippen molar-refractivity contribution in [1.29, 1.82) is 0 Å². The highest BCUT2D eigenvalue weighted by Gasteiger charge is 2.44. The maximum Gasteiger partial charge on any atom is 0.241 e. The monoisotopic (exact) mass is 280 g/mol. The number of nitrogens with one attached hydrogen (secondary N) is 1. The van der Waals surface area contributed by atoms with E-state index < -0.39 is 0 Å². The quantitative estimate of drug-likeness (QED) is 0.807. The number of amides is 1. The van der Waals surface area contributed by atoms with Gasteiger partial charge < -0.3 is 4.90 Å². The Morgan fingerprint density at radius 3 is 2.45 bits per heavy atom. The van der Waals surface area contributed by atoms with Crippen molar-refractivity contribution < 1.29 is 4.79 Å². The molecule has 0 bridgehead atoms. The summed E-state index contributed by atoms with van der Waals surface area (Å²) < 4.78 is 0. The Kier molecular flexibility index (Phi) is 5.48. The van der Waals surface area contributed by atoms with Crippen molar-refractivity contribution in [1.82, 2.24) is 10.2 Å². The van der Waals surface area contributed by atoms with Crippen LogP contribution in [0.25, 0.3) is 0 Å². The van der Waals surface area contributed by atoms with Gasteiger partial charge in [0.05, 0.1) is 12.2 Å². The highest BCUT2D eigenvalue weighted by Crippen LogP contribution is 2.34. The molecule has 0 aromatic rings. The van der Waals surface area contributed by atoms with Crippen molar-refractivity contribution in [2.75, 3.05) is 0 Å². The molecule has 1 heterocycles. The summed E-state index contributed by atoms with van der Waals surface area (Å²) in [5.41, 5.74) is 0. The van der Waals surface area contributed by atoms with E-state index in [1.807, 2.05) is 0 Å². The molecule has 2 rings (SSSR count). The van der Waals surface area contributed by atoms with E-state index in [2.05, 4.69) is 37.9 Å². The van der Waals surface area contributed by atoms with Gasteiger partial charge in [0.15, 0.2) is 0 Å². The third kappa shape index (κ3) is 3.19. The second kappa shape index (κ2) is 6.93. The lowest BCUT2D eigenvalue weighted by Gasteiger charge is -2.35. The fourth-order valence-electron chi connectivity index (χ4n) is 3.96. The predicted octanol–water partition coefficient (Wildman–Crippen LogP) is 3.54. The molecule has 4 atom stereocenters. The minimum absolute atomic E-state index is 0.0555. The maximum atomic E-state index is 12.7. The molecule has 0 aromatic heterocycles. The molecular formula is C17H32N2O. The van der Waals surface area contributed by atoms with Gasteiger partial charge in [-0.1, -0.05) is 40.0 Å². The Bertz CT molecular complexity index is 325. The first-order valence-electron chi connectivity index (χ1n) is 8.66. The van der Waals surface area contributed by atoms with Gasteiger partial charge >= 0.3 is 0 Å². The zero-order valence-corrected chi connectivity index (χ0v) is 13.7. The Labute approximate surface area is 124 Å². The van der Waals surface area contributed by atoms with E-state index in [4.69, 9.17) is 0 Å². The van der Waals surface area contributed by atoms with Crippen LogP contribution >= 0.6 is 0 Å². The molecular weight excluding hydrogens is 248 g/mol. The molecule has 1 N–H and O–H groups in total. The summed E-state index contributed by atoms with van der Waals surface area (Å²) in [6.45, 7) is 8.90. The van der Waals surface area contributed by atoms with Crippen LogP contribution in [0.15, 0.2) is 0 Å². The highest BCUT2D eigenvalue weighted by atomic mass is 16.2. The summed E-state index contributed by atoms with van der Waals surface area (Å²) in [6, 6.07) is 0.423. The zero-order chi connectivity index (χ0) is 14.7. The van der Waals surface area contributed by atoms with Crippen LogP contribution in [0.2, 0.25) is 0 Å². The molecule has 0 aromatic carbocycles. The van der Waals surface area contributed by atoms with Gasteiger partial charge in [0, 0.05) is 6.04 Å². The Hall–Kier alpha value is -0.570. The molecule has 3 nitrogen and oxygen atoms in total. The van der Waals surface area contributed by atoms with Crippen LogP contribution in [0.4, 0.5) is 0 Å². The molecule has 1 amide bonds. The molecule has 0 spiro atoms. The van der Waals surface area contributed by atoms with E-state index in [1.54, 1.807) is 0 Å². The highest BCUT2D eigenvalue weighted by molar-refractivity contribution is 5.84. The standard InChI is InChI=1S/C17H32N2O/c1-5-12(3)11-13(4)19-16(14-9-7-8-10-14)18-15(6-2)17(19)20/h12-16,18H,5-11H2,1-4H3. The number of hydrogen-bond donors (Lipinski definition) is 1. The van der Waals surface area contributed by atoms with Crippen LogP contribution in [0, 0.1) is 11.8 Å². The van der Waals surface area contributed by atoms with E-state index in [0.717, 1.165) is 12.8 Å². The lowest BCUT2D eigenvalue weighted by molar-refractivity contribution is -0.133. The Balaban J connectivity index is 2.09. The molecule has 1 saturated heterocycles. The Morgan fingerprint density at radius 2 is 1.90 bits per heavy atom. The number of rotatable bonds is 6. The van der Waals surface area contributed by atoms with E-state index in [9.17, 15) is 4.79 Å². The maximum absolute atomic E-state index is 12.7. The van der Waals surface area contributed by atoms with Crippen LogP contribution in [-0.2, 0) is 4.79 Å². The van der Waals surface area contributed by atoms with Gasteiger partial charge in [0.2, 0.25) is 5.91 Å². The molecule has 20 heavy (non-hydrogen) atoms. The topological polar surface area (TPSA) is 32.3 Å². The van der Waals surface area contributed by atoms with Crippen LogP contribution in [0.1, 0.15) is 72.6 Å². The van der Waals surface area contributed by atoms with Crippen molar-refractivity contribution in [2.24, 2.45) is 11.8 Å². The minimum atomic E-state index is 0.0555. The minimum Gasteiger partial charge on any atom is -0.323 e. The van der Waals surface area contributed by atoms with Gasteiger partial charge in [-0.15, -0.1) is 0 Å². The summed E-state index contributed by atoms with van der Waals surface area (Å²) in [6.07, 6.45) is 8.78. The molecule has 116 valence electrons. The van der Waals surface area contributed by atoms with Crippen molar-refractivity contribution in [3.8, 4) is 0 Å². The van der Waals surface area contributed by atoms with E-state index >= 15 is 0 Å². The van der Waals surface area contributed by atoms with Crippen molar-refractivity contribution in [2.45, 2.75) is 90.9 Å². The molecule has 3 heteroatoms.